The van der Waals surface area contributed by atoms with Crippen LogP contribution in [0.2, 0.25) is 0 Å². The maximum absolute atomic E-state index is 5.76. The average molecular weight is 245 g/mol. The minimum atomic E-state index is 0.532. The van der Waals surface area contributed by atoms with Crippen molar-refractivity contribution in [2.75, 3.05) is 13.2 Å². The van der Waals surface area contributed by atoms with Crippen LogP contribution in [-0.4, -0.2) is 13.2 Å². The second kappa shape index (κ2) is 6.05. The molecule has 0 aliphatic heterocycles. The van der Waals surface area contributed by atoms with E-state index in [-0.39, 0.29) is 0 Å². The van der Waals surface area contributed by atoms with Gasteiger partial charge in [-0.25, -0.2) is 0 Å². The van der Waals surface area contributed by atoms with Gasteiger partial charge in [0.15, 0.2) is 0 Å². The number of rotatable bonds is 6. The average Bonchev–Trinajstić information content (AvgIpc) is 2.79. The van der Waals surface area contributed by atoms with Gasteiger partial charge in [0.05, 0.1) is 0 Å². The van der Waals surface area contributed by atoms with Crippen LogP contribution in [0.3, 0.4) is 0 Å². The summed E-state index contributed by atoms with van der Waals surface area (Å²) >= 11 is 0. The molecular formula is C16H23NO. The molecule has 1 N–H and O–H groups in total. The van der Waals surface area contributed by atoms with Crippen molar-refractivity contribution >= 4 is 0 Å². The van der Waals surface area contributed by atoms with Crippen LogP contribution in [0.4, 0.5) is 0 Å². The third-order valence-electron chi connectivity index (χ3n) is 3.59. The third-order valence-corrected chi connectivity index (χ3v) is 3.59. The van der Waals surface area contributed by atoms with Gasteiger partial charge in [-0.1, -0.05) is 26.5 Å². The Labute approximate surface area is 110 Å². The molecule has 0 fully saturated rings. The summed E-state index contributed by atoms with van der Waals surface area (Å²) in [5.74, 6) is 0.973. The Morgan fingerprint density at radius 3 is 3.00 bits per heavy atom. The van der Waals surface area contributed by atoms with Crippen LogP contribution in [0.5, 0.6) is 5.75 Å². The van der Waals surface area contributed by atoms with Gasteiger partial charge in [-0.15, -0.1) is 0 Å². The van der Waals surface area contributed by atoms with E-state index in [1.54, 1.807) is 0 Å². The predicted octanol–water partition coefficient (Wildman–Crippen LogP) is 3.63. The molecule has 1 unspecified atom stereocenters. The van der Waals surface area contributed by atoms with E-state index >= 15 is 0 Å². The molecule has 0 bridgehead atoms. The van der Waals surface area contributed by atoms with Crippen LogP contribution >= 0.6 is 0 Å². The number of hydrogen-bond donors (Lipinski definition) is 1. The lowest BCUT2D eigenvalue weighted by Crippen LogP contribution is -2.18. The fourth-order valence-corrected chi connectivity index (χ4v) is 2.43. The smallest absolute Gasteiger partial charge is 0.120 e. The van der Waals surface area contributed by atoms with Gasteiger partial charge in [0, 0.05) is 6.04 Å². The van der Waals surface area contributed by atoms with Crippen LogP contribution in [-0.2, 0) is 6.42 Å². The molecule has 0 saturated heterocycles. The van der Waals surface area contributed by atoms with Crippen LogP contribution < -0.4 is 10.1 Å². The van der Waals surface area contributed by atoms with Gasteiger partial charge in [-0.3, -0.25) is 0 Å². The summed E-state index contributed by atoms with van der Waals surface area (Å²) < 4.78 is 5.76. The summed E-state index contributed by atoms with van der Waals surface area (Å²) in [7, 11) is 0. The Hall–Kier alpha value is -1.28. The zero-order chi connectivity index (χ0) is 13.0. The molecule has 0 saturated carbocycles. The number of aryl methyl sites for hydroxylation is 1. The molecule has 1 aliphatic rings. The van der Waals surface area contributed by atoms with Gasteiger partial charge < -0.3 is 10.1 Å². The topological polar surface area (TPSA) is 21.3 Å². The van der Waals surface area contributed by atoms with Crippen LogP contribution in [0.25, 0.3) is 0 Å². The minimum absolute atomic E-state index is 0.532. The monoisotopic (exact) mass is 245 g/mol. The maximum atomic E-state index is 5.76. The molecule has 0 spiro atoms. The number of nitrogens with one attached hydrogen (secondary N) is 1. The van der Waals surface area contributed by atoms with Crippen molar-refractivity contribution in [3.63, 3.8) is 0 Å². The second-order valence-corrected chi connectivity index (χ2v) is 4.90. The zero-order valence-electron chi connectivity index (χ0n) is 11.5. The molecular weight excluding hydrogens is 222 g/mol. The first-order valence-electron chi connectivity index (χ1n) is 6.90. The lowest BCUT2D eigenvalue weighted by atomic mass is 10.1. The Morgan fingerprint density at radius 2 is 2.28 bits per heavy atom. The molecule has 1 aromatic rings. The molecule has 2 rings (SSSR count). The van der Waals surface area contributed by atoms with Crippen molar-refractivity contribution in [2.24, 2.45) is 0 Å². The Morgan fingerprint density at radius 1 is 1.44 bits per heavy atom. The van der Waals surface area contributed by atoms with E-state index in [4.69, 9.17) is 4.74 Å². The van der Waals surface area contributed by atoms with Gasteiger partial charge >= 0.3 is 0 Å². The maximum Gasteiger partial charge on any atom is 0.120 e. The summed E-state index contributed by atoms with van der Waals surface area (Å²) in [6, 6.07) is 7.01. The van der Waals surface area contributed by atoms with Gasteiger partial charge in [-0.2, -0.15) is 0 Å². The van der Waals surface area contributed by atoms with Crippen LogP contribution in [0.1, 0.15) is 43.9 Å². The summed E-state index contributed by atoms with van der Waals surface area (Å²) in [6.07, 6.45) is 3.33. The van der Waals surface area contributed by atoms with E-state index in [0.717, 1.165) is 30.7 Å². The largest absolute Gasteiger partial charge is 0.489 e. The minimum Gasteiger partial charge on any atom is -0.489 e. The highest BCUT2D eigenvalue weighted by atomic mass is 16.5. The van der Waals surface area contributed by atoms with Gasteiger partial charge in [-0.05, 0) is 54.6 Å². The first-order chi connectivity index (χ1) is 8.74. The van der Waals surface area contributed by atoms with Crippen LogP contribution in [0.15, 0.2) is 30.4 Å². The van der Waals surface area contributed by atoms with Gasteiger partial charge in [0.25, 0.3) is 0 Å². The number of fused-ring (bicyclic) bond motifs is 1. The first kappa shape index (κ1) is 13.2. The molecule has 1 aliphatic carbocycles. The third kappa shape index (κ3) is 2.94. The Kier molecular flexibility index (Phi) is 4.43. The summed E-state index contributed by atoms with van der Waals surface area (Å²) in [6.45, 7) is 9.88. The summed E-state index contributed by atoms with van der Waals surface area (Å²) in [5, 5.41) is 3.52. The van der Waals surface area contributed by atoms with Crippen LogP contribution in [0, 0.1) is 0 Å². The lowest BCUT2D eigenvalue weighted by molar-refractivity contribution is 0.349. The molecule has 0 heterocycles. The Balaban J connectivity index is 2.03. The lowest BCUT2D eigenvalue weighted by Gasteiger charge is -2.13. The normalized spacial score (nSPS) is 17.6. The second-order valence-electron chi connectivity index (χ2n) is 4.90. The van der Waals surface area contributed by atoms with Crippen molar-refractivity contribution in [3.8, 4) is 5.75 Å². The van der Waals surface area contributed by atoms with E-state index in [2.05, 4.69) is 43.9 Å². The highest BCUT2D eigenvalue weighted by Gasteiger charge is 2.21. The predicted molar refractivity (Wildman–Crippen MR) is 76.1 cm³/mol. The highest BCUT2D eigenvalue weighted by molar-refractivity contribution is 5.40. The summed E-state index contributed by atoms with van der Waals surface area (Å²) in [4.78, 5) is 0. The molecule has 0 amide bonds. The van der Waals surface area contributed by atoms with E-state index in [9.17, 15) is 0 Å². The van der Waals surface area contributed by atoms with E-state index < -0.39 is 0 Å². The first-order valence-corrected chi connectivity index (χ1v) is 6.90. The SMILES string of the molecule is C=C(CC)COc1ccc2c(c1)CCC2NCC. The zero-order valence-corrected chi connectivity index (χ0v) is 11.5. The molecule has 0 aromatic heterocycles. The van der Waals surface area contributed by atoms with Gasteiger partial charge in [0.2, 0.25) is 0 Å². The number of ether oxygens (including phenoxy) is 1. The molecule has 1 atom stereocenters. The fourth-order valence-electron chi connectivity index (χ4n) is 2.43. The molecule has 2 nitrogen and oxygen atoms in total. The van der Waals surface area contributed by atoms with E-state index in [0.29, 0.717) is 12.6 Å². The van der Waals surface area contributed by atoms with Crippen molar-refractivity contribution < 1.29 is 4.74 Å². The van der Waals surface area contributed by atoms with Crippen molar-refractivity contribution in [1.82, 2.24) is 5.32 Å². The van der Waals surface area contributed by atoms with Crippen molar-refractivity contribution in [3.05, 3.63) is 41.5 Å². The molecule has 98 valence electrons. The van der Waals surface area contributed by atoms with Gasteiger partial charge in [0.1, 0.15) is 12.4 Å². The fraction of sp³-hybridized carbons (Fsp3) is 0.500. The van der Waals surface area contributed by atoms with E-state index in [1.807, 2.05) is 0 Å². The van der Waals surface area contributed by atoms with E-state index in [1.165, 1.54) is 17.5 Å². The standard InChI is InChI=1S/C16H23NO/c1-4-12(3)11-18-14-7-8-15-13(10-14)6-9-16(15)17-5-2/h7-8,10,16-17H,3-6,9,11H2,1-2H3. The molecule has 0 radical (unpaired) electrons. The molecule has 18 heavy (non-hydrogen) atoms. The Bertz CT molecular complexity index is 425. The van der Waals surface area contributed by atoms with Crippen molar-refractivity contribution in [2.45, 2.75) is 39.2 Å². The summed E-state index contributed by atoms with van der Waals surface area (Å²) in [5.41, 5.74) is 4.01. The molecule has 1 aromatic carbocycles. The number of benzene rings is 1. The number of hydrogen-bond acceptors (Lipinski definition) is 2. The highest BCUT2D eigenvalue weighted by Crippen LogP contribution is 2.33. The molecule has 2 heteroatoms. The quantitative estimate of drug-likeness (QED) is 0.773. The van der Waals surface area contributed by atoms with Crippen molar-refractivity contribution in [1.29, 1.82) is 0 Å².